The minimum Gasteiger partial charge on any atom is -0.557 e. The van der Waals surface area contributed by atoms with E-state index in [9.17, 15) is 0 Å². The van der Waals surface area contributed by atoms with Crippen LogP contribution in [0.5, 0.6) is 0 Å². The van der Waals surface area contributed by atoms with E-state index in [1.165, 1.54) is 9.26 Å². The van der Waals surface area contributed by atoms with Crippen molar-refractivity contribution in [3.8, 4) is 0 Å². The van der Waals surface area contributed by atoms with E-state index in [4.69, 9.17) is 4.43 Å². The van der Waals surface area contributed by atoms with Crippen molar-refractivity contribution in [2.75, 3.05) is 0 Å². The molecule has 2 rings (SSSR count). The summed E-state index contributed by atoms with van der Waals surface area (Å²) in [4.78, 5) is 0. The summed E-state index contributed by atoms with van der Waals surface area (Å²) >= 11 is 2.38. The van der Waals surface area contributed by atoms with Gasteiger partial charge in [0.25, 0.3) is 0 Å². The maximum absolute atomic E-state index is 6.72. The van der Waals surface area contributed by atoms with Crippen LogP contribution < -0.4 is 0 Å². The Morgan fingerprint density at radius 3 is 2.53 bits per heavy atom. The molecule has 3 nitrogen and oxygen atoms in total. The van der Waals surface area contributed by atoms with E-state index in [0.717, 1.165) is 6.54 Å². The van der Waals surface area contributed by atoms with Gasteiger partial charge in [-0.05, 0) is 30.9 Å². The number of rotatable bonds is 2. The predicted octanol–water partition coefficient (Wildman–Crippen LogP) is 4.59. The molecule has 0 radical (unpaired) electrons. The van der Waals surface area contributed by atoms with E-state index in [1.54, 1.807) is 0 Å². The molecule has 1 aliphatic rings. The molecule has 2 heterocycles. The smallest absolute Gasteiger partial charge is 0.0774 e. The molecule has 0 N–H and O–H groups in total. The summed E-state index contributed by atoms with van der Waals surface area (Å²) in [5, 5.41) is 4.72. The summed E-state index contributed by atoms with van der Waals surface area (Å²) in [6, 6.07) is 0. The van der Waals surface area contributed by atoms with Gasteiger partial charge in [0.15, 0.2) is 0 Å². The SMILES string of the molecule is CC1(C)Cn2ncc(I)c2C1O[Si-](C)(C)C(C)(C)C. The largest absolute Gasteiger partial charge is 0.557 e. The van der Waals surface area contributed by atoms with Crippen LogP contribution in [-0.2, 0) is 11.0 Å². The lowest BCUT2D eigenvalue weighted by molar-refractivity contribution is 0.0736. The van der Waals surface area contributed by atoms with E-state index in [2.05, 4.69) is 80.1 Å². The van der Waals surface area contributed by atoms with Crippen LogP contribution in [0.1, 0.15) is 46.4 Å². The third kappa shape index (κ3) is 2.65. The summed E-state index contributed by atoms with van der Waals surface area (Å²) in [6.45, 7) is 17.1. The van der Waals surface area contributed by atoms with Crippen LogP contribution in [0.3, 0.4) is 0 Å². The van der Waals surface area contributed by atoms with Gasteiger partial charge < -0.3 is 4.43 Å². The van der Waals surface area contributed by atoms with E-state index in [-0.39, 0.29) is 16.6 Å². The minimum absolute atomic E-state index is 0.124. The molecule has 109 valence electrons. The van der Waals surface area contributed by atoms with Crippen molar-refractivity contribution in [3.05, 3.63) is 15.5 Å². The summed E-state index contributed by atoms with van der Waals surface area (Å²) < 4.78 is 10.1. The van der Waals surface area contributed by atoms with Crippen molar-refractivity contribution in [2.24, 2.45) is 5.41 Å². The van der Waals surface area contributed by atoms with Crippen molar-refractivity contribution in [2.45, 2.75) is 65.4 Å². The van der Waals surface area contributed by atoms with Crippen LogP contribution in [0, 0.1) is 8.99 Å². The Morgan fingerprint density at radius 2 is 2.00 bits per heavy atom. The molecule has 0 saturated carbocycles. The topological polar surface area (TPSA) is 27.1 Å². The molecule has 5 heteroatoms. The number of aromatic nitrogens is 2. The zero-order valence-corrected chi connectivity index (χ0v) is 16.2. The fourth-order valence-electron chi connectivity index (χ4n) is 2.28. The van der Waals surface area contributed by atoms with Crippen LogP contribution in [-0.4, -0.2) is 18.1 Å². The second kappa shape index (κ2) is 4.56. The molecule has 0 aliphatic carbocycles. The van der Waals surface area contributed by atoms with Gasteiger partial charge in [-0.2, -0.15) is 5.10 Å². The average Bonchev–Trinajstić information content (AvgIpc) is 2.64. The highest BCUT2D eigenvalue weighted by Crippen LogP contribution is 2.49. The monoisotopic (exact) mass is 392 g/mol. The van der Waals surface area contributed by atoms with Gasteiger partial charge in [0.05, 0.1) is 21.6 Å². The highest BCUT2D eigenvalue weighted by molar-refractivity contribution is 14.1. The van der Waals surface area contributed by atoms with Crippen LogP contribution >= 0.6 is 22.6 Å². The van der Waals surface area contributed by atoms with Crippen LogP contribution in [0.15, 0.2) is 6.20 Å². The molecular weight excluding hydrogens is 367 g/mol. The molecule has 1 aliphatic heterocycles. The maximum atomic E-state index is 6.72. The molecule has 0 amide bonds. The van der Waals surface area contributed by atoms with Crippen molar-refractivity contribution >= 4 is 30.9 Å². The molecule has 0 saturated heterocycles. The molecule has 0 spiro atoms. The molecule has 0 aromatic carbocycles. The highest BCUT2D eigenvalue weighted by Gasteiger charge is 2.43. The molecule has 0 fully saturated rings. The van der Waals surface area contributed by atoms with E-state index < -0.39 is 8.32 Å². The highest BCUT2D eigenvalue weighted by atomic mass is 127. The molecule has 1 atom stereocenters. The quantitative estimate of drug-likeness (QED) is 0.544. The number of hydrogen-bond acceptors (Lipinski definition) is 2. The number of fused-ring (bicyclic) bond motifs is 1. The van der Waals surface area contributed by atoms with Crippen molar-refractivity contribution in [3.63, 3.8) is 0 Å². The standard InChI is InChI=1S/C14H25IN2OSi/c1-13(2,3)19(6,7)18-12-11-10(15)8-16-17(11)9-14(12,4)5/h8,12H,9H2,1-7H3/q-1. The Labute approximate surface area is 131 Å². The van der Waals surface area contributed by atoms with Gasteiger partial charge in [-0.15, -0.1) is 18.1 Å². The lowest BCUT2D eigenvalue weighted by atomic mass is 9.88. The molecule has 1 aromatic heterocycles. The van der Waals surface area contributed by atoms with Crippen LogP contribution in [0.25, 0.3) is 0 Å². The van der Waals surface area contributed by atoms with Crippen LogP contribution in [0.4, 0.5) is 0 Å². The number of nitrogens with zero attached hydrogens (tertiary/aromatic N) is 2. The van der Waals surface area contributed by atoms with Crippen molar-refractivity contribution in [1.29, 1.82) is 0 Å². The second-order valence-electron chi connectivity index (χ2n) is 7.78. The lowest BCUT2D eigenvalue weighted by Gasteiger charge is -2.52. The van der Waals surface area contributed by atoms with Crippen LogP contribution in [0.2, 0.25) is 18.1 Å². The van der Waals surface area contributed by atoms with Gasteiger partial charge in [-0.1, -0.05) is 34.6 Å². The Kier molecular flexibility index (Phi) is 3.72. The zero-order chi connectivity index (χ0) is 14.6. The lowest BCUT2D eigenvalue weighted by Crippen LogP contribution is -2.43. The Morgan fingerprint density at radius 1 is 1.42 bits per heavy atom. The summed E-state index contributed by atoms with van der Waals surface area (Å²) in [5.74, 6) is 0. The Hall–Kier alpha value is 0.117. The fraction of sp³-hybridized carbons (Fsp3) is 0.786. The summed E-state index contributed by atoms with van der Waals surface area (Å²) in [5.41, 5.74) is 1.40. The predicted molar refractivity (Wildman–Crippen MR) is 89.7 cm³/mol. The first-order chi connectivity index (χ1) is 8.46. The molecule has 0 bridgehead atoms. The molecule has 1 aromatic rings. The molecule has 19 heavy (non-hydrogen) atoms. The Bertz CT molecular complexity index is 488. The molecule has 1 unspecified atom stereocenters. The first kappa shape index (κ1) is 15.5. The van der Waals surface area contributed by atoms with E-state index in [1.807, 2.05) is 6.20 Å². The van der Waals surface area contributed by atoms with Crippen molar-refractivity contribution < 1.29 is 4.43 Å². The van der Waals surface area contributed by atoms with Gasteiger partial charge in [0.1, 0.15) is 0 Å². The van der Waals surface area contributed by atoms with Gasteiger partial charge in [0.2, 0.25) is 0 Å². The first-order valence-corrected chi connectivity index (χ1v) is 10.8. The summed E-state index contributed by atoms with van der Waals surface area (Å²) in [6.07, 6.45) is 2.12. The van der Waals surface area contributed by atoms with Gasteiger partial charge >= 0.3 is 0 Å². The third-order valence-corrected chi connectivity index (χ3v) is 9.84. The third-order valence-electron chi connectivity index (χ3n) is 4.57. The maximum Gasteiger partial charge on any atom is 0.0774 e. The Balaban J connectivity index is 2.36. The zero-order valence-electron chi connectivity index (χ0n) is 13.0. The number of hydrogen-bond donors (Lipinski definition) is 0. The fourth-order valence-corrected chi connectivity index (χ4v) is 4.34. The number of halogens is 1. The summed E-state index contributed by atoms with van der Waals surface area (Å²) in [7, 11) is -1.77. The van der Waals surface area contributed by atoms with E-state index >= 15 is 0 Å². The second-order valence-corrected chi connectivity index (χ2v) is 13.7. The first-order valence-electron chi connectivity index (χ1n) is 6.85. The van der Waals surface area contributed by atoms with Gasteiger partial charge in [0, 0.05) is 12.0 Å². The normalized spacial score (nSPS) is 22.6. The molecular formula is C14H25IN2OSi-. The van der Waals surface area contributed by atoms with E-state index in [0.29, 0.717) is 0 Å². The van der Waals surface area contributed by atoms with Crippen molar-refractivity contribution in [1.82, 2.24) is 9.78 Å². The average molecular weight is 392 g/mol. The van der Waals surface area contributed by atoms with Gasteiger partial charge in [-0.3, -0.25) is 4.68 Å². The van der Waals surface area contributed by atoms with Gasteiger partial charge in [-0.25, -0.2) is 0 Å². The minimum atomic E-state index is -1.77.